The molecule has 0 bridgehead atoms. The molecule has 0 aliphatic carbocycles. The first kappa shape index (κ1) is 21.1. The van der Waals surface area contributed by atoms with Gasteiger partial charge in [0.2, 0.25) is 0 Å². The molecule has 1 aromatic heterocycles. The molecule has 1 amide bonds. The van der Waals surface area contributed by atoms with Crippen LogP contribution < -0.4 is 10.9 Å². The third-order valence-corrected chi connectivity index (χ3v) is 5.36. The summed E-state index contributed by atoms with van der Waals surface area (Å²) >= 11 is 0. The zero-order valence-electron chi connectivity index (χ0n) is 16.4. The summed E-state index contributed by atoms with van der Waals surface area (Å²) in [6, 6.07) is 7.74. The van der Waals surface area contributed by atoms with Gasteiger partial charge in [-0.15, -0.1) is 0 Å². The van der Waals surface area contributed by atoms with Crippen LogP contribution in [0, 0.1) is 6.92 Å². The first-order valence-electron chi connectivity index (χ1n) is 9.65. The Bertz CT molecular complexity index is 953. The molecule has 5 nitrogen and oxygen atoms in total. The Hall–Kier alpha value is -2.61. The predicted octanol–water partition coefficient (Wildman–Crippen LogP) is 3.38. The number of pyridine rings is 1. The highest BCUT2D eigenvalue weighted by molar-refractivity contribution is 5.93. The number of carbonyl (C=O) groups excluding carboxylic acids is 1. The zero-order valence-corrected chi connectivity index (χ0v) is 16.4. The lowest BCUT2D eigenvalue weighted by Crippen LogP contribution is -2.41. The first-order chi connectivity index (χ1) is 13.7. The Labute approximate surface area is 167 Å². The van der Waals surface area contributed by atoms with E-state index in [1.165, 1.54) is 18.2 Å². The fourth-order valence-electron chi connectivity index (χ4n) is 3.79. The number of likely N-dealkylation sites (tertiary alicyclic amines) is 1. The van der Waals surface area contributed by atoms with Gasteiger partial charge in [0.1, 0.15) is 5.56 Å². The third kappa shape index (κ3) is 4.53. The van der Waals surface area contributed by atoms with Crippen molar-refractivity contribution < 1.29 is 18.0 Å². The molecular formula is C21H24F3N3O2. The number of alkyl halides is 3. The number of rotatable bonds is 5. The zero-order chi connectivity index (χ0) is 21.2. The maximum absolute atomic E-state index is 13.0. The molecule has 0 radical (unpaired) electrons. The van der Waals surface area contributed by atoms with E-state index in [9.17, 15) is 22.8 Å². The van der Waals surface area contributed by atoms with E-state index in [0.717, 1.165) is 42.6 Å². The average Bonchev–Trinajstić information content (AvgIpc) is 3.13. The Morgan fingerprint density at radius 3 is 2.69 bits per heavy atom. The van der Waals surface area contributed by atoms with E-state index in [1.54, 1.807) is 13.0 Å². The normalized spacial score (nSPS) is 17.5. The second kappa shape index (κ2) is 8.41. The molecule has 3 rings (SSSR count). The second-order valence-corrected chi connectivity index (χ2v) is 7.21. The van der Waals surface area contributed by atoms with Crippen LogP contribution in [-0.4, -0.2) is 41.1 Å². The number of hydrogen-bond acceptors (Lipinski definition) is 3. The number of aryl methyl sites for hydroxylation is 1. The van der Waals surface area contributed by atoms with Crippen LogP contribution in [0.4, 0.5) is 13.2 Å². The van der Waals surface area contributed by atoms with Crippen molar-refractivity contribution in [1.29, 1.82) is 0 Å². The molecule has 1 aliphatic heterocycles. The van der Waals surface area contributed by atoms with Gasteiger partial charge >= 0.3 is 6.18 Å². The van der Waals surface area contributed by atoms with Crippen molar-refractivity contribution in [2.24, 2.45) is 0 Å². The van der Waals surface area contributed by atoms with Crippen molar-refractivity contribution >= 4 is 5.91 Å². The lowest BCUT2D eigenvalue weighted by atomic mass is 10.1. The molecule has 8 heteroatoms. The number of nitrogens with zero attached hydrogens (tertiary/aromatic N) is 2. The molecule has 1 fully saturated rings. The van der Waals surface area contributed by atoms with Gasteiger partial charge in [0.25, 0.3) is 11.5 Å². The van der Waals surface area contributed by atoms with Crippen LogP contribution in [0.5, 0.6) is 0 Å². The number of likely N-dealkylation sites (N-methyl/N-ethyl adjacent to an activating group) is 1. The number of amides is 1. The van der Waals surface area contributed by atoms with Crippen molar-refractivity contribution in [1.82, 2.24) is 14.8 Å². The van der Waals surface area contributed by atoms with Crippen LogP contribution in [0.25, 0.3) is 5.69 Å². The van der Waals surface area contributed by atoms with Gasteiger partial charge in [-0.3, -0.25) is 19.1 Å². The number of aromatic nitrogens is 1. The van der Waals surface area contributed by atoms with Crippen LogP contribution in [0.15, 0.2) is 41.2 Å². The minimum atomic E-state index is -4.52. The quantitative estimate of drug-likeness (QED) is 0.827. The highest BCUT2D eigenvalue weighted by Crippen LogP contribution is 2.30. The Morgan fingerprint density at radius 1 is 1.24 bits per heavy atom. The van der Waals surface area contributed by atoms with Crippen LogP contribution in [-0.2, 0) is 6.18 Å². The van der Waals surface area contributed by atoms with Crippen molar-refractivity contribution in [3.8, 4) is 5.69 Å². The lowest BCUT2D eigenvalue weighted by Gasteiger charge is -2.23. The summed E-state index contributed by atoms with van der Waals surface area (Å²) in [4.78, 5) is 27.8. The molecule has 1 atom stereocenters. The van der Waals surface area contributed by atoms with E-state index in [0.29, 0.717) is 12.2 Å². The van der Waals surface area contributed by atoms with E-state index in [-0.39, 0.29) is 17.3 Å². The van der Waals surface area contributed by atoms with E-state index >= 15 is 0 Å². The average molecular weight is 407 g/mol. The summed E-state index contributed by atoms with van der Waals surface area (Å²) in [5.74, 6) is -0.515. The summed E-state index contributed by atoms with van der Waals surface area (Å²) < 4.78 is 40.3. The fraction of sp³-hybridized carbons (Fsp3) is 0.429. The lowest BCUT2D eigenvalue weighted by molar-refractivity contribution is -0.137. The molecule has 29 heavy (non-hydrogen) atoms. The van der Waals surface area contributed by atoms with Gasteiger partial charge < -0.3 is 5.32 Å². The van der Waals surface area contributed by atoms with Crippen molar-refractivity contribution in [3.63, 3.8) is 0 Å². The van der Waals surface area contributed by atoms with Crippen molar-refractivity contribution in [2.45, 2.75) is 38.9 Å². The molecule has 2 aromatic rings. The summed E-state index contributed by atoms with van der Waals surface area (Å²) in [6.07, 6.45) is -2.47. The van der Waals surface area contributed by atoms with Gasteiger partial charge in [0, 0.05) is 24.0 Å². The van der Waals surface area contributed by atoms with Gasteiger partial charge in [0.15, 0.2) is 0 Å². The van der Waals surface area contributed by atoms with Gasteiger partial charge in [-0.25, -0.2) is 0 Å². The molecule has 0 saturated carbocycles. The molecule has 156 valence electrons. The molecule has 1 aromatic carbocycles. The highest BCUT2D eigenvalue weighted by atomic mass is 19.4. The molecule has 2 heterocycles. The molecular weight excluding hydrogens is 383 g/mol. The van der Waals surface area contributed by atoms with Crippen LogP contribution in [0.3, 0.4) is 0 Å². The Morgan fingerprint density at radius 2 is 2.00 bits per heavy atom. The molecule has 1 saturated heterocycles. The number of hydrogen-bond donors (Lipinski definition) is 1. The van der Waals surface area contributed by atoms with Crippen LogP contribution >= 0.6 is 0 Å². The predicted molar refractivity (Wildman–Crippen MR) is 104 cm³/mol. The monoisotopic (exact) mass is 407 g/mol. The van der Waals surface area contributed by atoms with E-state index in [1.807, 2.05) is 0 Å². The number of carbonyl (C=O) groups is 1. The van der Waals surface area contributed by atoms with E-state index in [4.69, 9.17) is 0 Å². The highest BCUT2D eigenvalue weighted by Gasteiger charge is 2.31. The molecule has 1 N–H and O–H groups in total. The Balaban J connectivity index is 1.88. The summed E-state index contributed by atoms with van der Waals surface area (Å²) in [5.41, 5.74) is -1.06. The van der Waals surface area contributed by atoms with Crippen LogP contribution in [0.2, 0.25) is 0 Å². The first-order valence-corrected chi connectivity index (χ1v) is 9.65. The second-order valence-electron chi connectivity index (χ2n) is 7.21. The maximum atomic E-state index is 13.0. The van der Waals surface area contributed by atoms with Gasteiger partial charge in [-0.05, 0) is 63.2 Å². The number of halogens is 3. The third-order valence-electron chi connectivity index (χ3n) is 5.36. The number of benzene rings is 1. The smallest absolute Gasteiger partial charge is 0.350 e. The number of nitrogens with one attached hydrogen (secondary N) is 1. The summed E-state index contributed by atoms with van der Waals surface area (Å²) in [5, 5.41) is 2.81. The summed E-state index contributed by atoms with van der Waals surface area (Å²) in [7, 11) is 0. The van der Waals surface area contributed by atoms with Crippen molar-refractivity contribution in [3.05, 3.63) is 63.6 Å². The van der Waals surface area contributed by atoms with E-state index < -0.39 is 23.2 Å². The standard InChI is InChI=1S/C21H24F3N3O2/c1-3-26-11-5-8-17(26)13-25-19(28)18-10-9-14(2)27(20(18)29)16-7-4-6-15(12-16)21(22,23)24/h4,6-7,9-10,12,17H,3,5,8,11,13H2,1-2H3,(H,25,28). The summed E-state index contributed by atoms with van der Waals surface area (Å²) in [6.45, 7) is 6.00. The molecule has 0 spiro atoms. The van der Waals surface area contributed by atoms with Gasteiger partial charge in [-0.2, -0.15) is 13.2 Å². The molecule has 1 aliphatic rings. The van der Waals surface area contributed by atoms with Gasteiger partial charge in [-0.1, -0.05) is 13.0 Å². The minimum absolute atomic E-state index is 0.0740. The van der Waals surface area contributed by atoms with E-state index in [2.05, 4.69) is 17.1 Å². The van der Waals surface area contributed by atoms with Crippen LogP contribution in [0.1, 0.15) is 41.4 Å². The SMILES string of the molecule is CCN1CCCC1CNC(=O)c1ccc(C)n(-c2cccc(C(F)(F)F)c2)c1=O. The largest absolute Gasteiger partial charge is 0.416 e. The van der Waals surface area contributed by atoms with Gasteiger partial charge in [0.05, 0.1) is 5.56 Å². The van der Waals surface area contributed by atoms with Crippen molar-refractivity contribution in [2.75, 3.05) is 19.6 Å². The fourth-order valence-corrected chi connectivity index (χ4v) is 3.79. The topological polar surface area (TPSA) is 54.3 Å². The maximum Gasteiger partial charge on any atom is 0.416 e. The minimum Gasteiger partial charge on any atom is -0.350 e. The molecule has 1 unspecified atom stereocenters. The Kier molecular flexibility index (Phi) is 6.12.